The van der Waals surface area contributed by atoms with Crippen LogP contribution in [0, 0.1) is 5.92 Å². The molecular formula is C17H30Cl2N2. The van der Waals surface area contributed by atoms with Gasteiger partial charge in [0.1, 0.15) is 0 Å². The number of aryl methyl sites for hydroxylation is 1. The van der Waals surface area contributed by atoms with Gasteiger partial charge in [0.2, 0.25) is 0 Å². The number of nitrogens with one attached hydrogen (secondary N) is 1. The van der Waals surface area contributed by atoms with Crippen LogP contribution in [-0.2, 0) is 6.42 Å². The van der Waals surface area contributed by atoms with Crippen LogP contribution in [0.2, 0.25) is 0 Å². The van der Waals surface area contributed by atoms with Gasteiger partial charge < -0.3 is 5.32 Å². The fourth-order valence-corrected chi connectivity index (χ4v) is 3.03. The Bertz CT molecular complexity index is 375. The minimum Gasteiger partial charge on any atom is -0.314 e. The molecule has 1 aliphatic heterocycles. The van der Waals surface area contributed by atoms with Gasteiger partial charge in [-0.3, -0.25) is 4.90 Å². The van der Waals surface area contributed by atoms with E-state index in [1.807, 2.05) is 0 Å². The first-order valence-electron chi connectivity index (χ1n) is 7.79. The average molecular weight is 333 g/mol. The van der Waals surface area contributed by atoms with E-state index >= 15 is 0 Å². The second-order valence-corrected chi connectivity index (χ2v) is 5.71. The fraction of sp³-hybridized carbons (Fsp3) is 0.647. The molecule has 1 N–H and O–H groups in total. The molecule has 1 saturated heterocycles. The summed E-state index contributed by atoms with van der Waals surface area (Å²) in [6.07, 6.45) is 2.37. The second kappa shape index (κ2) is 10.4. The molecule has 1 aromatic carbocycles. The Hall–Kier alpha value is -0.280. The van der Waals surface area contributed by atoms with Gasteiger partial charge in [-0.25, -0.2) is 0 Å². The van der Waals surface area contributed by atoms with Crippen LogP contribution < -0.4 is 5.32 Å². The van der Waals surface area contributed by atoms with Crippen molar-refractivity contribution in [2.45, 2.75) is 39.7 Å². The third-order valence-corrected chi connectivity index (χ3v) is 4.46. The van der Waals surface area contributed by atoms with Crippen LogP contribution >= 0.6 is 24.8 Å². The number of rotatable bonds is 5. The van der Waals surface area contributed by atoms with Crippen molar-refractivity contribution < 1.29 is 0 Å². The first-order valence-corrected chi connectivity index (χ1v) is 7.79. The number of nitrogens with zero attached hydrogens (tertiary/aromatic N) is 1. The summed E-state index contributed by atoms with van der Waals surface area (Å²) in [5.41, 5.74) is 2.93. The minimum absolute atomic E-state index is 0. The highest BCUT2D eigenvalue weighted by Gasteiger charge is 2.26. The normalized spacial score (nSPS) is 18.2. The molecule has 2 atom stereocenters. The molecule has 0 amide bonds. The summed E-state index contributed by atoms with van der Waals surface area (Å²) in [5, 5.41) is 3.45. The standard InChI is InChI=1S/C17H28N2.2ClH/c1-4-14(3)17(19-12-10-18-11-13-19)16-8-6-15(5-2)7-9-16;;/h6-9,14,17-18H,4-5,10-13H2,1-3H3;2*1H/t14?,17-;;/m0../s1. The van der Waals surface area contributed by atoms with Crippen LogP contribution in [0.1, 0.15) is 44.4 Å². The van der Waals surface area contributed by atoms with Crippen molar-refractivity contribution in [3.8, 4) is 0 Å². The van der Waals surface area contributed by atoms with E-state index in [4.69, 9.17) is 0 Å². The molecule has 2 rings (SSSR count). The minimum atomic E-state index is 0. The smallest absolute Gasteiger partial charge is 0.0374 e. The third-order valence-electron chi connectivity index (χ3n) is 4.46. The maximum Gasteiger partial charge on any atom is 0.0374 e. The molecule has 4 heteroatoms. The van der Waals surface area contributed by atoms with E-state index in [9.17, 15) is 0 Å². The molecule has 1 fully saturated rings. The molecule has 0 aromatic heterocycles. The zero-order valence-corrected chi connectivity index (χ0v) is 15.1. The van der Waals surface area contributed by atoms with Crippen molar-refractivity contribution in [3.05, 3.63) is 35.4 Å². The van der Waals surface area contributed by atoms with Crippen molar-refractivity contribution in [1.82, 2.24) is 10.2 Å². The highest BCUT2D eigenvalue weighted by atomic mass is 35.5. The van der Waals surface area contributed by atoms with Crippen molar-refractivity contribution >= 4 is 24.8 Å². The third kappa shape index (κ3) is 5.45. The molecule has 0 saturated carbocycles. The second-order valence-electron chi connectivity index (χ2n) is 5.71. The largest absolute Gasteiger partial charge is 0.314 e. The SMILES string of the molecule is CCc1ccc([C@H](C(C)CC)N2CCNCC2)cc1.Cl.Cl. The topological polar surface area (TPSA) is 15.3 Å². The van der Waals surface area contributed by atoms with Gasteiger partial charge in [-0.1, -0.05) is 51.5 Å². The Morgan fingerprint density at radius 3 is 2.10 bits per heavy atom. The lowest BCUT2D eigenvalue weighted by Crippen LogP contribution is -2.46. The van der Waals surface area contributed by atoms with Gasteiger partial charge in [-0.15, -0.1) is 24.8 Å². The van der Waals surface area contributed by atoms with Crippen LogP contribution in [0.5, 0.6) is 0 Å². The van der Waals surface area contributed by atoms with E-state index in [2.05, 4.69) is 55.3 Å². The molecule has 1 aromatic rings. The predicted molar refractivity (Wildman–Crippen MR) is 97.0 cm³/mol. The Balaban J connectivity index is 0.00000200. The molecule has 1 aliphatic rings. The number of halogens is 2. The van der Waals surface area contributed by atoms with Gasteiger partial charge >= 0.3 is 0 Å². The Labute approximate surface area is 142 Å². The zero-order chi connectivity index (χ0) is 13.7. The van der Waals surface area contributed by atoms with Crippen LogP contribution in [0.3, 0.4) is 0 Å². The number of hydrogen-bond acceptors (Lipinski definition) is 2. The van der Waals surface area contributed by atoms with Gasteiger partial charge in [0.25, 0.3) is 0 Å². The molecule has 0 aliphatic carbocycles. The van der Waals surface area contributed by atoms with E-state index in [0.29, 0.717) is 12.0 Å². The molecule has 0 radical (unpaired) electrons. The first kappa shape index (κ1) is 20.7. The maximum absolute atomic E-state index is 3.45. The summed E-state index contributed by atoms with van der Waals surface area (Å²) in [5.74, 6) is 0.713. The predicted octanol–water partition coefficient (Wildman–Crippen LogP) is 4.09. The molecule has 1 heterocycles. The highest BCUT2D eigenvalue weighted by molar-refractivity contribution is 5.85. The molecule has 1 unspecified atom stereocenters. The number of piperazine rings is 1. The van der Waals surface area contributed by atoms with Gasteiger partial charge in [0.05, 0.1) is 0 Å². The lowest BCUT2D eigenvalue weighted by atomic mass is 9.90. The Kier molecular flexibility index (Phi) is 10.3. The molecule has 0 bridgehead atoms. The maximum atomic E-state index is 3.45. The fourth-order valence-electron chi connectivity index (χ4n) is 3.03. The quantitative estimate of drug-likeness (QED) is 0.873. The Morgan fingerprint density at radius 2 is 1.62 bits per heavy atom. The van der Waals surface area contributed by atoms with Crippen LogP contribution in [0.25, 0.3) is 0 Å². The monoisotopic (exact) mass is 332 g/mol. The van der Waals surface area contributed by atoms with E-state index < -0.39 is 0 Å². The van der Waals surface area contributed by atoms with Crippen LogP contribution in [-0.4, -0.2) is 31.1 Å². The van der Waals surface area contributed by atoms with E-state index in [1.165, 1.54) is 30.6 Å². The van der Waals surface area contributed by atoms with Gasteiger partial charge in [0.15, 0.2) is 0 Å². The van der Waals surface area contributed by atoms with Crippen molar-refractivity contribution in [2.24, 2.45) is 5.92 Å². The Morgan fingerprint density at radius 1 is 1.05 bits per heavy atom. The van der Waals surface area contributed by atoms with Gasteiger partial charge in [-0.2, -0.15) is 0 Å². The van der Waals surface area contributed by atoms with Crippen molar-refractivity contribution in [3.63, 3.8) is 0 Å². The van der Waals surface area contributed by atoms with Crippen molar-refractivity contribution in [1.29, 1.82) is 0 Å². The summed E-state index contributed by atoms with van der Waals surface area (Å²) >= 11 is 0. The molecular weight excluding hydrogens is 303 g/mol. The summed E-state index contributed by atoms with van der Waals surface area (Å²) in [6, 6.07) is 9.87. The van der Waals surface area contributed by atoms with Crippen LogP contribution in [0.4, 0.5) is 0 Å². The molecule has 0 spiro atoms. The number of benzene rings is 1. The van der Waals surface area contributed by atoms with Gasteiger partial charge in [0, 0.05) is 32.2 Å². The summed E-state index contributed by atoms with van der Waals surface area (Å²) in [7, 11) is 0. The van der Waals surface area contributed by atoms with E-state index in [0.717, 1.165) is 19.5 Å². The lowest BCUT2D eigenvalue weighted by molar-refractivity contribution is 0.128. The zero-order valence-electron chi connectivity index (χ0n) is 13.5. The highest BCUT2D eigenvalue weighted by Crippen LogP contribution is 2.31. The molecule has 21 heavy (non-hydrogen) atoms. The van der Waals surface area contributed by atoms with E-state index in [1.54, 1.807) is 0 Å². The van der Waals surface area contributed by atoms with Crippen LogP contribution in [0.15, 0.2) is 24.3 Å². The summed E-state index contributed by atoms with van der Waals surface area (Å²) in [6.45, 7) is 11.5. The first-order chi connectivity index (χ1) is 9.26. The summed E-state index contributed by atoms with van der Waals surface area (Å²) in [4.78, 5) is 2.66. The number of hydrogen-bond donors (Lipinski definition) is 1. The van der Waals surface area contributed by atoms with E-state index in [-0.39, 0.29) is 24.8 Å². The molecule has 2 nitrogen and oxygen atoms in total. The van der Waals surface area contributed by atoms with Crippen molar-refractivity contribution in [2.75, 3.05) is 26.2 Å². The van der Waals surface area contributed by atoms with Gasteiger partial charge in [-0.05, 0) is 23.5 Å². The molecule has 122 valence electrons. The summed E-state index contributed by atoms with van der Waals surface area (Å²) < 4.78 is 0. The average Bonchev–Trinajstić information content (AvgIpc) is 2.49. The lowest BCUT2D eigenvalue weighted by Gasteiger charge is -2.38.